The summed E-state index contributed by atoms with van der Waals surface area (Å²) in [5.41, 5.74) is 8.14. The Balaban J connectivity index is 1.33. The fourth-order valence-corrected chi connectivity index (χ4v) is 4.60. The van der Waals surface area contributed by atoms with Gasteiger partial charge < -0.3 is 9.47 Å². The van der Waals surface area contributed by atoms with Crippen LogP contribution in [0.5, 0.6) is 11.5 Å². The molecule has 0 aromatic heterocycles. The van der Waals surface area contributed by atoms with Crippen molar-refractivity contribution in [2.45, 2.75) is 12.5 Å². The SMILES string of the molecule is COc1ccc(C(=O)N/N=C\c2ccc(N3N=C(c4ccc(OC)cc4)CC3c3ccc(Br)cc3)cc2)cc1. The van der Waals surface area contributed by atoms with Gasteiger partial charge in [-0.2, -0.15) is 10.2 Å². The number of ether oxygens (including phenoxy) is 2. The molecule has 8 heteroatoms. The Kier molecular flexibility index (Phi) is 8.03. The van der Waals surface area contributed by atoms with E-state index >= 15 is 0 Å². The van der Waals surface area contributed by atoms with Gasteiger partial charge in [-0.15, -0.1) is 0 Å². The van der Waals surface area contributed by atoms with Gasteiger partial charge in [-0.05, 0) is 89.5 Å². The minimum Gasteiger partial charge on any atom is -0.497 e. The summed E-state index contributed by atoms with van der Waals surface area (Å²) in [6, 6.07) is 31.2. The lowest BCUT2D eigenvalue weighted by atomic mass is 9.98. The monoisotopic (exact) mass is 582 g/mol. The predicted molar refractivity (Wildman–Crippen MR) is 158 cm³/mol. The molecular weight excluding hydrogens is 556 g/mol. The minimum absolute atomic E-state index is 0.0542. The number of halogens is 1. The molecule has 0 radical (unpaired) electrons. The lowest BCUT2D eigenvalue weighted by molar-refractivity contribution is 0.0955. The van der Waals surface area contributed by atoms with Crippen molar-refractivity contribution in [3.8, 4) is 11.5 Å². The maximum atomic E-state index is 12.3. The van der Waals surface area contributed by atoms with Crippen LogP contribution in [0.25, 0.3) is 0 Å². The highest BCUT2D eigenvalue weighted by molar-refractivity contribution is 9.10. The van der Waals surface area contributed by atoms with Crippen molar-refractivity contribution in [2.24, 2.45) is 10.2 Å². The molecule has 39 heavy (non-hydrogen) atoms. The van der Waals surface area contributed by atoms with E-state index in [1.807, 2.05) is 48.5 Å². The largest absolute Gasteiger partial charge is 0.497 e. The molecule has 4 aromatic carbocycles. The summed E-state index contributed by atoms with van der Waals surface area (Å²) in [5.74, 6) is 1.22. The van der Waals surface area contributed by atoms with E-state index in [0.29, 0.717) is 11.3 Å². The standard InChI is InChI=1S/C31H27BrN4O3/c1-38-27-15-7-22(8-16-27)29-19-30(23-5-11-25(32)12-6-23)36(35-29)26-13-3-21(4-14-26)20-33-34-31(37)24-9-17-28(39-2)18-10-24/h3-18,20,30H,19H2,1-2H3,(H,34,37)/b33-20-. The molecule has 0 bridgehead atoms. The summed E-state index contributed by atoms with van der Waals surface area (Å²) >= 11 is 3.53. The number of hydrogen-bond acceptors (Lipinski definition) is 6. The lowest BCUT2D eigenvalue weighted by Gasteiger charge is -2.24. The first-order chi connectivity index (χ1) is 19.0. The van der Waals surface area contributed by atoms with E-state index in [-0.39, 0.29) is 11.9 Å². The molecule has 1 unspecified atom stereocenters. The second-order valence-electron chi connectivity index (χ2n) is 8.91. The van der Waals surface area contributed by atoms with Crippen molar-refractivity contribution in [1.82, 2.24) is 5.43 Å². The van der Waals surface area contributed by atoms with E-state index in [1.54, 1.807) is 44.7 Å². The summed E-state index contributed by atoms with van der Waals surface area (Å²) in [7, 11) is 3.25. The number of benzene rings is 4. The molecule has 5 rings (SSSR count). The quantitative estimate of drug-likeness (QED) is 0.188. The van der Waals surface area contributed by atoms with E-state index < -0.39 is 0 Å². The molecule has 0 aliphatic carbocycles. The number of nitrogens with zero attached hydrogens (tertiary/aromatic N) is 3. The van der Waals surface area contributed by atoms with E-state index in [0.717, 1.165) is 39.2 Å². The third kappa shape index (κ3) is 6.18. The molecule has 1 atom stereocenters. The summed E-state index contributed by atoms with van der Waals surface area (Å²) in [6.07, 6.45) is 2.39. The van der Waals surface area contributed by atoms with Gasteiger partial charge in [-0.3, -0.25) is 9.80 Å². The smallest absolute Gasteiger partial charge is 0.271 e. The van der Waals surface area contributed by atoms with Crippen LogP contribution < -0.4 is 19.9 Å². The Morgan fingerprint density at radius 3 is 2.13 bits per heavy atom. The van der Waals surface area contributed by atoms with Crippen LogP contribution in [0.1, 0.15) is 39.5 Å². The van der Waals surface area contributed by atoms with E-state index in [9.17, 15) is 4.79 Å². The molecule has 1 aliphatic heterocycles. The number of hydrazone groups is 2. The van der Waals surface area contributed by atoms with Gasteiger partial charge in [0.1, 0.15) is 11.5 Å². The van der Waals surface area contributed by atoms with Crippen molar-refractivity contribution < 1.29 is 14.3 Å². The van der Waals surface area contributed by atoms with Gasteiger partial charge in [0.2, 0.25) is 0 Å². The molecule has 7 nitrogen and oxygen atoms in total. The normalized spacial score (nSPS) is 14.8. The Bertz CT molecular complexity index is 1480. The minimum atomic E-state index is -0.291. The van der Waals surface area contributed by atoms with Crippen molar-refractivity contribution in [1.29, 1.82) is 0 Å². The first-order valence-corrected chi connectivity index (χ1v) is 13.2. The maximum Gasteiger partial charge on any atom is 0.271 e. The molecule has 0 saturated heterocycles. The highest BCUT2D eigenvalue weighted by atomic mass is 79.9. The fraction of sp³-hybridized carbons (Fsp3) is 0.129. The molecule has 1 aliphatic rings. The summed E-state index contributed by atoms with van der Waals surface area (Å²) in [6.45, 7) is 0. The third-order valence-electron chi connectivity index (χ3n) is 6.48. The molecule has 4 aromatic rings. The number of carbonyl (C=O) groups excluding carboxylic acids is 1. The second-order valence-corrected chi connectivity index (χ2v) is 9.83. The number of carbonyl (C=O) groups is 1. The van der Waals surface area contributed by atoms with E-state index in [2.05, 4.69) is 55.7 Å². The van der Waals surface area contributed by atoms with Gasteiger partial charge in [0.15, 0.2) is 0 Å². The molecule has 1 heterocycles. The van der Waals surface area contributed by atoms with Gasteiger partial charge in [0.25, 0.3) is 5.91 Å². The molecule has 0 fully saturated rings. The highest BCUT2D eigenvalue weighted by Crippen LogP contribution is 2.37. The Morgan fingerprint density at radius 1 is 0.897 bits per heavy atom. The average Bonchev–Trinajstić information content (AvgIpc) is 3.43. The van der Waals surface area contributed by atoms with Gasteiger partial charge >= 0.3 is 0 Å². The Labute approximate surface area is 235 Å². The van der Waals surface area contributed by atoms with Gasteiger partial charge in [-0.25, -0.2) is 5.43 Å². The number of rotatable bonds is 8. The Morgan fingerprint density at radius 2 is 1.51 bits per heavy atom. The van der Waals surface area contributed by atoms with Crippen LogP contribution in [0.2, 0.25) is 0 Å². The van der Waals surface area contributed by atoms with Crippen LogP contribution in [-0.4, -0.2) is 32.1 Å². The Hall–Kier alpha value is -4.43. The van der Waals surface area contributed by atoms with E-state index in [4.69, 9.17) is 14.6 Å². The zero-order valence-electron chi connectivity index (χ0n) is 21.5. The molecule has 0 spiro atoms. The third-order valence-corrected chi connectivity index (χ3v) is 7.01. The number of anilines is 1. The highest BCUT2D eigenvalue weighted by Gasteiger charge is 2.30. The predicted octanol–water partition coefficient (Wildman–Crippen LogP) is 6.59. The summed E-state index contributed by atoms with van der Waals surface area (Å²) < 4.78 is 11.5. The van der Waals surface area contributed by atoms with Crippen LogP contribution in [-0.2, 0) is 0 Å². The fourth-order valence-electron chi connectivity index (χ4n) is 4.34. The molecule has 1 amide bonds. The molecule has 1 N–H and O–H groups in total. The van der Waals surface area contributed by atoms with Crippen LogP contribution in [0.15, 0.2) is 112 Å². The maximum absolute atomic E-state index is 12.3. The van der Waals surface area contributed by atoms with Crippen molar-refractivity contribution in [3.05, 3.63) is 124 Å². The van der Waals surface area contributed by atoms with Crippen LogP contribution in [0.3, 0.4) is 0 Å². The zero-order valence-corrected chi connectivity index (χ0v) is 23.1. The first kappa shape index (κ1) is 26.2. The second kappa shape index (κ2) is 12.0. The molecule has 0 saturated carbocycles. The number of nitrogens with one attached hydrogen (secondary N) is 1. The summed E-state index contributed by atoms with van der Waals surface area (Å²) in [4.78, 5) is 12.3. The molecule has 196 valence electrons. The average molecular weight is 583 g/mol. The van der Waals surface area contributed by atoms with Crippen molar-refractivity contribution in [3.63, 3.8) is 0 Å². The topological polar surface area (TPSA) is 75.5 Å². The van der Waals surface area contributed by atoms with Crippen molar-refractivity contribution in [2.75, 3.05) is 19.2 Å². The van der Waals surface area contributed by atoms with Crippen LogP contribution in [0, 0.1) is 0 Å². The first-order valence-electron chi connectivity index (χ1n) is 12.4. The van der Waals surface area contributed by atoms with E-state index in [1.165, 1.54) is 5.56 Å². The van der Waals surface area contributed by atoms with Gasteiger partial charge in [0.05, 0.1) is 37.9 Å². The zero-order chi connectivity index (χ0) is 27.2. The number of hydrogen-bond donors (Lipinski definition) is 1. The number of methoxy groups -OCH3 is 2. The van der Waals surface area contributed by atoms with Gasteiger partial charge in [0, 0.05) is 16.5 Å². The lowest BCUT2D eigenvalue weighted by Crippen LogP contribution is -2.18. The molecular formula is C31H27BrN4O3. The van der Waals surface area contributed by atoms with Crippen molar-refractivity contribution >= 4 is 39.5 Å². The van der Waals surface area contributed by atoms with Gasteiger partial charge in [-0.1, -0.05) is 40.2 Å². The summed E-state index contributed by atoms with van der Waals surface area (Å²) in [5, 5.41) is 11.2. The number of amides is 1. The van der Waals surface area contributed by atoms with Crippen LogP contribution in [0.4, 0.5) is 5.69 Å². The van der Waals surface area contributed by atoms with Crippen LogP contribution >= 0.6 is 15.9 Å².